The predicted molar refractivity (Wildman–Crippen MR) is 50.0 cm³/mol. The number of ether oxygens (including phenoxy) is 1. The topological polar surface area (TPSA) is 51.0 Å². The first kappa shape index (κ1) is 8.99. The number of esters is 1. The molecule has 0 N–H and O–H groups in total. The maximum absolute atomic E-state index is 11.0. The number of carbonyl (C=O) groups excluding carboxylic acids is 1. The van der Waals surface area contributed by atoms with Crippen LogP contribution in [-0.2, 0) is 9.53 Å². The van der Waals surface area contributed by atoms with Crippen LogP contribution in [0.25, 0.3) is 0 Å². The van der Waals surface area contributed by atoms with Crippen LogP contribution in [-0.4, -0.2) is 36.0 Å². The highest BCUT2D eigenvalue weighted by molar-refractivity contribution is 7.82. The summed E-state index contributed by atoms with van der Waals surface area (Å²) in [5.74, 6) is 0.101. The smallest absolute Gasteiger partial charge is 0.336 e. The van der Waals surface area contributed by atoms with E-state index < -0.39 is 12.0 Å². The minimum Gasteiger partial charge on any atom is -0.467 e. The van der Waals surface area contributed by atoms with Crippen LogP contribution in [0.1, 0.15) is 6.92 Å². The lowest BCUT2D eigenvalue weighted by atomic mass is 10.2. The van der Waals surface area contributed by atoms with Crippen molar-refractivity contribution in [2.24, 2.45) is 9.98 Å². The number of amidine groups is 1. The van der Waals surface area contributed by atoms with Gasteiger partial charge in [-0.05, 0) is 6.92 Å². The number of carbonyl (C=O) groups is 1. The summed E-state index contributed by atoms with van der Waals surface area (Å²) in [7, 11) is 1.31. The van der Waals surface area contributed by atoms with Crippen LogP contribution >= 0.6 is 12.2 Å². The van der Waals surface area contributed by atoms with Gasteiger partial charge >= 0.3 is 5.97 Å². The van der Waals surface area contributed by atoms with Gasteiger partial charge in [-0.3, -0.25) is 0 Å². The van der Waals surface area contributed by atoms with Gasteiger partial charge in [0.1, 0.15) is 5.84 Å². The molecule has 0 aromatic heterocycles. The molecule has 0 saturated heterocycles. The van der Waals surface area contributed by atoms with E-state index in [-0.39, 0.29) is 0 Å². The normalized spacial score (nSPS) is 22.0. The summed E-state index contributed by atoms with van der Waals surface area (Å²) < 4.78 is 4.51. The van der Waals surface area contributed by atoms with Crippen molar-refractivity contribution in [2.45, 2.75) is 13.0 Å². The second kappa shape index (κ2) is 3.53. The van der Waals surface area contributed by atoms with Gasteiger partial charge in [0, 0.05) is 6.21 Å². The summed E-state index contributed by atoms with van der Waals surface area (Å²) in [5.41, 5.74) is 0. The maximum atomic E-state index is 11.0. The molecule has 0 aliphatic carbocycles. The first-order valence-electron chi connectivity index (χ1n) is 3.35. The van der Waals surface area contributed by atoms with Gasteiger partial charge in [-0.2, -0.15) is 0 Å². The molecular weight excluding hydrogens is 176 g/mol. The van der Waals surface area contributed by atoms with Crippen molar-refractivity contribution in [2.75, 3.05) is 7.11 Å². The van der Waals surface area contributed by atoms with E-state index in [1.807, 2.05) is 0 Å². The van der Waals surface area contributed by atoms with E-state index in [0.717, 1.165) is 0 Å². The van der Waals surface area contributed by atoms with Crippen molar-refractivity contribution in [3.8, 4) is 0 Å². The first-order chi connectivity index (χ1) is 5.65. The third kappa shape index (κ3) is 1.73. The van der Waals surface area contributed by atoms with Gasteiger partial charge in [0.15, 0.2) is 6.04 Å². The number of rotatable bonds is 1. The minimum absolute atomic E-state index is 0.396. The lowest BCUT2D eigenvalue weighted by Crippen LogP contribution is -2.32. The number of hydrogen-bond donors (Lipinski definition) is 0. The molecule has 64 valence electrons. The summed E-state index contributed by atoms with van der Waals surface area (Å²) in [6, 6.07) is -0.678. The number of thiocarbonyl (C=S) groups is 1. The number of methoxy groups -OCH3 is 1. The molecule has 1 unspecified atom stereocenters. The molecule has 1 aliphatic heterocycles. The van der Waals surface area contributed by atoms with Crippen LogP contribution in [0, 0.1) is 0 Å². The molecule has 1 rings (SSSR count). The molecular formula is C7H8N2O2S. The molecule has 4 nitrogen and oxygen atoms in total. The van der Waals surface area contributed by atoms with Gasteiger partial charge in [-0.25, -0.2) is 14.8 Å². The zero-order valence-electron chi connectivity index (χ0n) is 6.77. The van der Waals surface area contributed by atoms with Crippen LogP contribution in [0.5, 0.6) is 0 Å². The zero-order chi connectivity index (χ0) is 9.14. The molecule has 0 spiro atoms. The maximum Gasteiger partial charge on any atom is 0.336 e. The zero-order valence-corrected chi connectivity index (χ0v) is 7.59. The highest BCUT2D eigenvalue weighted by Crippen LogP contribution is 2.03. The summed E-state index contributed by atoms with van der Waals surface area (Å²) >= 11 is 4.87. The van der Waals surface area contributed by atoms with Gasteiger partial charge in [0.05, 0.1) is 12.0 Å². The lowest BCUT2D eigenvalue weighted by molar-refractivity contribution is -0.140. The van der Waals surface area contributed by atoms with Crippen LogP contribution < -0.4 is 0 Å². The number of nitrogens with zero attached hydrogens (tertiary/aromatic N) is 2. The average Bonchev–Trinajstić information content (AvgIpc) is 2.08. The SMILES string of the molecule is COC(=O)C1N=C(C)N=CC1=S. The Balaban J connectivity index is 2.84. The molecule has 0 saturated carbocycles. The Bertz CT molecular complexity index is 283. The first-order valence-corrected chi connectivity index (χ1v) is 3.76. The van der Waals surface area contributed by atoms with Crippen molar-refractivity contribution in [1.82, 2.24) is 0 Å². The van der Waals surface area contributed by atoms with Crippen molar-refractivity contribution < 1.29 is 9.53 Å². The Labute approximate surface area is 75.3 Å². The Morgan fingerprint density at radius 1 is 1.75 bits per heavy atom. The average molecular weight is 184 g/mol. The molecule has 0 bridgehead atoms. The van der Waals surface area contributed by atoms with Crippen molar-refractivity contribution >= 4 is 35.1 Å². The second-order valence-corrected chi connectivity index (χ2v) is 2.73. The Morgan fingerprint density at radius 3 is 3.00 bits per heavy atom. The third-order valence-electron chi connectivity index (χ3n) is 1.39. The van der Waals surface area contributed by atoms with Crippen LogP contribution in [0.4, 0.5) is 0 Å². The summed E-state index contributed by atoms with van der Waals surface area (Å²) in [6.07, 6.45) is 1.46. The van der Waals surface area contributed by atoms with Gasteiger partial charge in [0.2, 0.25) is 0 Å². The number of aliphatic imine (C=N–C) groups is 2. The van der Waals surface area contributed by atoms with Gasteiger partial charge < -0.3 is 4.74 Å². The Morgan fingerprint density at radius 2 is 2.42 bits per heavy atom. The van der Waals surface area contributed by atoms with E-state index in [4.69, 9.17) is 12.2 Å². The summed E-state index contributed by atoms with van der Waals surface area (Å²) in [5, 5.41) is 0. The molecule has 0 fully saturated rings. The van der Waals surface area contributed by atoms with E-state index in [9.17, 15) is 4.79 Å². The van der Waals surface area contributed by atoms with E-state index >= 15 is 0 Å². The summed E-state index contributed by atoms with van der Waals surface area (Å²) in [4.78, 5) is 19.2. The van der Waals surface area contributed by atoms with Gasteiger partial charge in [-0.1, -0.05) is 12.2 Å². The fourth-order valence-electron chi connectivity index (χ4n) is 0.792. The molecule has 12 heavy (non-hydrogen) atoms. The molecule has 1 heterocycles. The van der Waals surface area contributed by atoms with Gasteiger partial charge in [-0.15, -0.1) is 0 Å². The fourth-order valence-corrected chi connectivity index (χ4v) is 0.994. The Hall–Kier alpha value is -1.10. The predicted octanol–water partition coefficient (Wildman–Crippen LogP) is 0.401. The summed E-state index contributed by atoms with van der Waals surface area (Å²) in [6.45, 7) is 1.70. The van der Waals surface area contributed by atoms with Crippen LogP contribution in [0.15, 0.2) is 9.98 Å². The lowest BCUT2D eigenvalue weighted by Gasteiger charge is -2.11. The Kier molecular flexibility index (Phi) is 2.65. The highest BCUT2D eigenvalue weighted by atomic mass is 32.1. The van der Waals surface area contributed by atoms with Crippen molar-refractivity contribution in [1.29, 1.82) is 0 Å². The molecule has 0 aromatic rings. The molecule has 0 amide bonds. The van der Waals surface area contributed by atoms with Gasteiger partial charge in [0.25, 0.3) is 0 Å². The van der Waals surface area contributed by atoms with E-state index in [1.165, 1.54) is 13.3 Å². The quantitative estimate of drug-likeness (QED) is 0.438. The second-order valence-electron chi connectivity index (χ2n) is 2.26. The van der Waals surface area contributed by atoms with E-state index in [2.05, 4.69) is 14.7 Å². The third-order valence-corrected chi connectivity index (χ3v) is 1.72. The molecule has 1 aliphatic rings. The van der Waals surface area contributed by atoms with Crippen molar-refractivity contribution in [3.05, 3.63) is 0 Å². The molecule has 0 aromatic carbocycles. The van der Waals surface area contributed by atoms with Crippen molar-refractivity contribution in [3.63, 3.8) is 0 Å². The van der Waals surface area contributed by atoms with E-state index in [1.54, 1.807) is 6.92 Å². The monoisotopic (exact) mass is 184 g/mol. The minimum atomic E-state index is -0.678. The highest BCUT2D eigenvalue weighted by Gasteiger charge is 2.24. The van der Waals surface area contributed by atoms with E-state index in [0.29, 0.717) is 10.7 Å². The fraction of sp³-hybridized carbons (Fsp3) is 0.429. The largest absolute Gasteiger partial charge is 0.467 e. The standard InChI is InChI=1S/C7H8N2O2S/c1-4-8-3-5(12)6(9-4)7(10)11-2/h3,6H,1-2H3. The van der Waals surface area contributed by atoms with Crippen LogP contribution in [0.3, 0.4) is 0 Å². The molecule has 5 heteroatoms. The molecule has 1 atom stereocenters. The number of hydrogen-bond acceptors (Lipinski definition) is 5. The van der Waals surface area contributed by atoms with Crippen LogP contribution in [0.2, 0.25) is 0 Å². The molecule has 0 radical (unpaired) electrons.